The Hall–Kier alpha value is -0.560. The van der Waals surface area contributed by atoms with Crippen LogP contribution in [0, 0.1) is 35.5 Å². The van der Waals surface area contributed by atoms with Gasteiger partial charge in [0.2, 0.25) is 0 Å². The Balaban J connectivity index is 1.56. The van der Waals surface area contributed by atoms with E-state index >= 15 is 0 Å². The highest BCUT2D eigenvalue weighted by Gasteiger charge is 2.40. The predicted octanol–water partition coefficient (Wildman–Crippen LogP) is 6.36. The summed E-state index contributed by atoms with van der Waals surface area (Å²) in [6.45, 7) is 12.0. The van der Waals surface area contributed by atoms with Crippen LogP contribution in [0.4, 0.5) is 0 Å². The van der Waals surface area contributed by atoms with Gasteiger partial charge in [0.05, 0.1) is 0 Å². The van der Waals surface area contributed by atoms with Crippen LogP contribution in [0.2, 0.25) is 0 Å². The highest BCUT2D eigenvalue weighted by Crippen LogP contribution is 2.43. The molecule has 0 aliphatic heterocycles. The fraction of sp³-hybridized carbons (Fsp3) is 0.833. The molecule has 8 atom stereocenters. The third-order valence-corrected chi connectivity index (χ3v) is 7.97. The Morgan fingerprint density at radius 1 is 1.04 bits per heavy atom. The van der Waals surface area contributed by atoms with Crippen molar-refractivity contribution >= 4 is 0 Å². The van der Waals surface area contributed by atoms with Crippen molar-refractivity contribution in [1.29, 1.82) is 0 Å². The molecule has 0 aromatic carbocycles. The minimum absolute atomic E-state index is 0.713. The summed E-state index contributed by atoms with van der Waals surface area (Å²) in [5.74, 6) is 5.18. The van der Waals surface area contributed by atoms with E-state index in [9.17, 15) is 0 Å². The van der Waals surface area contributed by atoms with Crippen LogP contribution in [-0.4, -0.2) is 12.1 Å². The van der Waals surface area contributed by atoms with Crippen molar-refractivity contribution in [2.24, 2.45) is 35.5 Å². The van der Waals surface area contributed by atoms with Gasteiger partial charge in [-0.2, -0.15) is 0 Å². The van der Waals surface area contributed by atoms with Crippen LogP contribution in [0.15, 0.2) is 23.8 Å². The average molecular weight is 344 g/mol. The highest BCUT2D eigenvalue weighted by atomic mass is 15.0. The van der Waals surface area contributed by atoms with Gasteiger partial charge in [-0.1, -0.05) is 70.8 Å². The van der Waals surface area contributed by atoms with Gasteiger partial charge in [0.1, 0.15) is 0 Å². The van der Waals surface area contributed by atoms with Crippen LogP contribution >= 0.6 is 0 Å². The summed E-state index contributed by atoms with van der Waals surface area (Å²) in [5, 5.41) is 4.14. The second kappa shape index (κ2) is 8.42. The topological polar surface area (TPSA) is 12.0 Å². The van der Waals surface area contributed by atoms with Gasteiger partial charge < -0.3 is 5.32 Å². The fourth-order valence-electron chi connectivity index (χ4n) is 6.18. The van der Waals surface area contributed by atoms with Crippen LogP contribution in [0.5, 0.6) is 0 Å². The molecule has 0 radical (unpaired) electrons. The summed E-state index contributed by atoms with van der Waals surface area (Å²) >= 11 is 0. The summed E-state index contributed by atoms with van der Waals surface area (Å²) in [6.07, 6.45) is 17.0. The molecule has 0 saturated heterocycles. The molecule has 0 bridgehead atoms. The van der Waals surface area contributed by atoms with Gasteiger partial charge in [-0.25, -0.2) is 0 Å². The van der Waals surface area contributed by atoms with E-state index in [4.69, 9.17) is 0 Å². The molecule has 2 fully saturated rings. The van der Waals surface area contributed by atoms with Crippen LogP contribution in [-0.2, 0) is 0 Å². The van der Waals surface area contributed by atoms with Crippen molar-refractivity contribution in [3.8, 4) is 0 Å². The molecule has 0 amide bonds. The molecule has 3 aliphatic rings. The monoisotopic (exact) mass is 343 g/mol. The summed E-state index contributed by atoms with van der Waals surface area (Å²) in [6, 6.07) is 1.52. The van der Waals surface area contributed by atoms with Gasteiger partial charge in [-0.3, -0.25) is 0 Å². The van der Waals surface area contributed by atoms with Gasteiger partial charge in [0.25, 0.3) is 0 Å². The van der Waals surface area contributed by atoms with Gasteiger partial charge in [-0.05, 0) is 68.1 Å². The Bertz CT molecular complexity index is 490. The van der Waals surface area contributed by atoms with E-state index in [2.05, 4.69) is 58.2 Å². The van der Waals surface area contributed by atoms with Crippen LogP contribution < -0.4 is 5.32 Å². The molecule has 1 N–H and O–H groups in total. The zero-order chi connectivity index (χ0) is 18.0. The summed E-state index contributed by atoms with van der Waals surface area (Å²) in [4.78, 5) is 0. The summed E-state index contributed by atoms with van der Waals surface area (Å²) in [7, 11) is 0. The van der Waals surface area contributed by atoms with Crippen LogP contribution in [0.25, 0.3) is 0 Å². The molecule has 142 valence electrons. The van der Waals surface area contributed by atoms with E-state index in [1.807, 2.05) is 0 Å². The minimum atomic E-state index is 0.713. The molecule has 25 heavy (non-hydrogen) atoms. The molecular weight excluding hydrogens is 302 g/mol. The highest BCUT2D eigenvalue weighted by molar-refractivity contribution is 5.28. The summed E-state index contributed by atoms with van der Waals surface area (Å²) < 4.78 is 0. The van der Waals surface area contributed by atoms with Crippen molar-refractivity contribution in [2.75, 3.05) is 0 Å². The minimum Gasteiger partial charge on any atom is -0.311 e. The Morgan fingerprint density at radius 2 is 1.84 bits per heavy atom. The first-order valence-electron chi connectivity index (χ1n) is 11.2. The standard InChI is InChI=1S/C24H41N/c1-6-8-20-15-24(18(5)17(20)4)25-22-11-12-23(19(7-2)14-22)21-10-9-16(3)13-21/h9-10,13,17-25H,6-8,11-12,14-15H2,1-5H3/t17-,18?,19?,20?,21?,22?,23?,24?/m0/s1. The first-order valence-corrected chi connectivity index (χ1v) is 11.2. The molecule has 1 nitrogen and oxygen atoms in total. The van der Waals surface area contributed by atoms with Crippen molar-refractivity contribution in [2.45, 2.75) is 91.6 Å². The normalized spacial score (nSPS) is 44.3. The Kier molecular flexibility index (Phi) is 6.47. The van der Waals surface area contributed by atoms with Crippen LogP contribution in [0.1, 0.15) is 79.6 Å². The Morgan fingerprint density at radius 3 is 2.48 bits per heavy atom. The second-order valence-corrected chi connectivity index (χ2v) is 9.47. The lowest BCUT2D eigenvalue weighted by atomic mass is 9.70. The van der Waals surface area contributed by atoms with E-state index in [0.29, 0.717) is 5.92 Å². The molecule has 1 heteroatoms. The third-order valence-electron chi connectivity index (χ3n) is 7.97. The van der Waals surface area contributed by atoms with E-state index in [1.165, 1.54) is 50.5 Å². The number of hydrogen-bond donors (Lipinski definition) is 1. The maximum Gasteiger partial charge on any atom is 0.0101 e. The molecule has 2 saturated carbocycles. The van der Waals surface area contributed by atoms with E-state index in [-0.39, 0.29) is 0 Å². The van der Waals surface area contributed by atoms with Gasteiger partial charge in [0, 0.05) is 12.1 Å². The zero-order valence-corrected chi connectivity index (χ0v) is 17.3. The molecule has 0 aromatic heterocycles. The first kappa shape index (κ1) is 19.2. The van der Waals surface area contributed by atoms with Crippen LogP contribution in [0.3, 0.4) is 0 Å². The van der Waals surface area contributed by atoms with E-state index in [0.717, 1.165) is 41.7 Å². The fourth-order valence-corrected chi connectivity index (χ4v) is 6.18. The molecular formula is C24H41N. The molecule has 0 aromatic rings. The zero-order valence-electron chi connectivity index (χ0n) is 17.3. The number of hydrogen-bond acceptors (Lipinski definition) is 1. The quantitative estimate of drug-likeness (QED) is 0.591. The maximum absolute atomic E-state index is 4.14. The number of allylic oxidation sites excluding steroid dienone is 4. The maximum atomic E-state index is 4.14. The lowest BCUT2D eigenvalue weighted by molar-refractivity contribution is 0.156. The van der Waals surface area contributed by atoms with Crippen molar-refractivity contribution in [1.82, 2.24) is 5.32 Å². The third kappa shape index (κ3) is 4.24. The number of nitrogens with one attached hydrogen (secondary N) is 1. The largest absolute Gasteiger partial charge is 0.311 e. The van der Waals surface area contributed by atoms with Crippen molar-refractivity contribution in [3.05, 3.63) is 23.8 Å². The van der Waals surface area contributed by atoms with Gasteiger partial charge >= 0.3 is 0 Å². The second-order valence-electron chi connectivity index (χ2n) is 9.47. The molecule has 0 heterocycles. The molecule has 7 unspecified atom stereocenters. The lowest BCUT2D eigenvalue weighted by Crippen LogP contribution is -2.45. The smallest absolute Gasteiger partial charge is 0.0101 e. The first-order chi connectivity index (χ1) is 12.0. The van der Waals surface area contributed by atoms with Crippen molar-refractivity contribution < 1.29 is 0 Å². The van der Waals surface area contributed by atoms with E-state index in [1.54, 1.807) is 0 Å². The van der Waals surface area contributed by atoms with Crippen molar-refractivity contribution in [3.63, 3.8) is 0 Å². The number of rotatable bonds is 6. The lowest BCUT2D eigenvalue weighted by Gasteiger charge is -2.40. The van der Waals surface area contributed by atoms with Gasteiger partial charge in [0.15, 0.2) is 0 Å². The Labute approximate surface area is 156 Å². The molecule has 0 spiro atoms. The average Bonchev–Trinajstić information content (AvgIpc) is 3.14. The van der Waals surface area contributed by atoms with Gasteiger partial charge in [-0.15, -0.1) is 0 Å². The molecule has 3 aliphatic carbocycles. The van der Waals surface area contributed by atoms with E-state index < -0.39 is 0 Å². The SMILES string of the molecule is CCCC1CC(NC2CCC(C3C=CC(C)=C3)C(CC)C2)C(C)[C@@H]1C. The predicted molar refractivity (Wildman–Crippen MR) is 110 cm³/mol. The summed E-state index contributed by atoms with van der Waals surface area (Å²) in [5.41, 5.74) is 1.47. The molecule has 3 rings (SSSR count).